The number of rotatable bonds is 4. The molecule has 0 atom stereocenters. The van der Waals surface area contributed by atoms with Crippen LogP contribution < -0.4 is 14.6 Å². The van der Waals surface area contributed by atoms with Crippen molar-refractivity contribution in [3.63, 3.8) is 0 Å². The van der Waals surface area contributed by atoms with Crippen molar-refractivity contribution in [3.8, 4) is 6.07 Å². The normalized spacial score (nSPS) is 14.0. The highest BCUT2D eigenvalue weighted by atomic mass is 15.1. The molecule has 0 amide bonds. The largest absolute Gasteiger partial charge is 0.337 e. The first-order valence-electron chi connectivity index (χ1n) is 9.14. The fourth-order valence-electron chi connectivity index (χ4n) is 3.94. The number of aromatic nitrogens is 2. The second-order valence-electron chi connectivity index (χ2n) is 7.21. The van der Waals surface area contributed by atoms with Crippen LogP contribution in [0.4, 0.5) is 5.82 Å². The zero-order chi connectivity index (χ0) is 17.4. The molecule has 0 bridgehead atoms. The van der Waals surface area contributed by atoms with Crippen LogP contribution in [0.3, 0.4) is 0 Å². The summed E-state index contributed by atoms with van der Waals surface area (Å²) in [7, 11) is 4.34. The molecule has 1 aliphatic carbocycles. The van der Waals surface area contributed by atoms with Crippen molar-refractivity contribution in [1.29, 1.82) is 5.26 Å². The summed E-state index contributed by atoms with van der Waals surface area (Å²) in [5, 5.41) is 13.5. The molecule has 1 aromatic carbocycles. The number of aromatic amines is 1. The predicted octanol–water partition coefficient (Wildman–Crippen LogP) is 1.21. The first kappa shape index (κ1) is 15.9. The fourth-order valence-corrected chi connectivity index (χ4v) is 3.94. The monoisotopic (exact) mass is 335 g/mol. The Balaban J connectivity index is 2.00. The Morgan fingerprint density at radius 2 is 1.96 bits per heavy atom. The van der Waals surface area contributed by atoms with E-state index in [0.29, 0.717) is 0 Å². The van der Waals surface area contributed by atoms with Crippen LogP contribution >= 0.6 is 0 Å². The van der Waals surface area contributed by atoms with Crippen molar-refractivity contribution in [1.82, 2.24) is 4.98 Å². The third kappa shape index (κ3) is 2.63. The van der Waals surface area contributed by atoms with Crippen molar-refractivity contribution >= 4 is 22.5 Å². The van der Waals surface area contributed by atoms with Crippen LogP contribution in [0.25, 0.3) is 16.7 Å². The molecule has 4 rings (SSSR count). The Bertz CT molecular complexity index is 977. The van der Waals surface area contributed by atoms with Gasteiger partial charge in [-0.15, -0.1) is 0 Å². The number of anilines is 1. The molecule has 3 N–H and O–H groups in total. The second kappa shape index (κ2) is 6.38. The third-order valence-corrected chi connectivity index (χ3v) is 5.17. The molecule has 0 saturated carbocycles. The van der Waals surface area contributed by atoms with Crippen molar-refractivity contribution in [2.24, 2.45) is 0 Å². The molecule has 2 heterocycles. The highest BCUT2D eigenvalue weighted by Gasteiger charge is 2.28. The van der Waals surface area contributed by atoms with Gasteiger partial charge in [0.15, 0.2) is 0 Å². The number of nitriles is 1. The van der Waals surface area contributed by atoms with Gasteiger partial charge in [-0.05, 0) is 43.4 Å². The van der Waals surface area contributed by atoms with Crippen molar-refractivity contribution in [2.75, 3.05) is 32.5 Å². The SMILES string of the molecule is C[NH+](C)CCNc1c2c(c(C#N)c3[nH]c4ccccc4[n+]13)CCCC2. The highest BCUT2D eigenvalue weighted by Crippen LogP contribution is 2.31. The van der Waals surface area contributed by atoms with Crippen molar-refractivity contribution < 1.29 is 9.30 Å². The lowest BCUT2D eigenvalue weighted by atomic mass is 9.89. The first-order chi connectivity index (χ1) is 12.2. The number of benzene rings is 1. The first-order valence-corrected chi connectivity index (χ1v) is 9.14. The molecule has 0 saturated heterocycles. The quantitative estimate of drug-likeness (QED) is 0.628. The number of nitrogens with one attached hydrogen (secondary N) is 3. The molecule has 1 aliphatic rings. The van der Waals surface area contributed by atoms with E-state index in [-0.39, 0.29) is 0 Å². The van der Waals surface area contributed by atoms with Crippen LogP contribution in [-0.4, -0.2) is 32.2 Å². The minimum Gasteiger partial charge on any atom is -0.337 e. The van der Waals surface area contributed by atoms with Gasteiger partial charge in [-0.1, -0.05) is 12.1 Å². The predicted molar refractivity (Wildman–Crippen MR) is 99.0 cm³/mol. The van der Waals surface area contributed by atoms with E-state index in [1.807, 2.05) is 6.07 Å². The average molecular weight is 335 g/mol. The van der Waals surface area contributed by atoms with E-state index in [1.165, 1.54) is 34.7 Å². The topological polar surface area (TPSA) is 60.1 Å². The number of nitrogens with zero attached hydrogens (tertiary/aromatic N) is 2. The van der Waals surface area contributed by atoms with Crippen LogP contribution in [0, 0.1) is 11.3 Å². The number of quaternary nitrogens is 1. The number of imidazole rings is 1. The molecule has 5 nitrogen and oxygen atoms in total. The lowest BCUT2D eigenvalue weighted by molar-refractivity contribution is -0.856. The molecule has 5 heteroatoms. The molecule has 0 aliphatic heterocycles. The van der Waals surface area contributed by atoms with Gasteiger partial charge in [-0.3, -0.25) is 10.3 Å². The second-order valence-corrected chi connectivity index (χ2v) is 7.21. The molecular weight excluding hydrogens is 310 g/mol. The van der Waals surface area contributed by atoms with E-state index >= 15 is 0 Å². The summed E-state index contributed by atoms with van der Waals surface area (Å²) < 4.78 is 2.23. The summed E-state index contributed by atoms with van der Waals surface area (Å²) in [6.07, 6.45) is 4.40. The standard InChI is InChI=1S/C20H23N5/c1-24(2)12-11-22-19-15-8-4-3-7-14(15)16(13-21)20-23-17-9-5-6-10-18(17)25(19)20/h5-6,9-10H,3-4,7-8,11-12H2,1-2H3,(H,22,23)/p+2. The molecule has 0 radical (unpaired) electrons. The van der Waals surface area contributed by atoms with Gasteiger partial charge in [-0.25, -0.2) is 0 Å². The van der Waals surface area contributed by atoms with E-state index < -0.39 is 0 Å². The van der Waals surface area contributed by atoms with Crippen LogP contribution in [0.15, 0.2) is 24.3 Å². The number of hydrogen-bond acceptors (Lipinski definition) is 2. The van der Waals surface area contributed by atoms with E-state index in [4.69, 9.17) is 0 Å². The van der Waals surface area contributed by atoms with E-state index in [2.05, 4.69) is 53.1 Å². The van der Waals surface area contributed by atoms with Gasteiger partial charge in [0.25, 0.3) is 0 Å². The Morgan fingerprint density at radius 1 is 1.20 bits per heavy atom. The maximum atomic E-state index is 9.85. The summed E-state index contributed by atoms with van der Waals surface area (Å²) in [6, 6.07) is 10.8. The van der Waals surface area contributed by atoms with Crippen molar-refractivity contribution in [3.05, 3.63) is 41.0 Å². The Hall–Kier alpha value is -2.58. The Morgan fingerprint density at radius 3 is 2.72 bits per heavy atom. The summed E-state index contributed by atoms with van der Waals surface area (Å²) in [6.45, 7) is 1.97. The van der Waals surface area contributed by atoms with Gasteiger partial charge >= 0.3 is 0 Å². The number of hydrogen-bond donors (Lipinski definition) is 3. The van der Waals surface area contributed by atoms with Gasteiger partial charge < -0.3 is 4.90 Å². The zero-order valence-corrected chi connectivity index (χ0v) is 14.9. The third-order valence-electron chi connectivity index (χ3n) is 5.17. The number of fused-ring (bicyclic) bond motifs is 4. The van der Waals surface area contributed by atoms with Gasteiger partial charge in [0.2, 0.25) is 11.5 Å². The molecule has 25 heavy (non-hydrogen) atoms. The minimum atomic E-state index is 0.815. The van der Waals surface area contributed by atoms with Crippen LogP contribution in [0.2, 0.25) is 0 Å². The van der Waals surface area contributed by atoms with Crippen LogP contribution in [-0.2, 0) is 12.8 Å². The van der Waals surface area contributed by atoms with Gasteiger partial charge in [-0.2, -0.15) is 9.66 Å². The number of H-pyrrole nitrogens is 1. The molecule has 3 aromatic rings. The molecular formula is C20H25N5+2. The van der Waals surface area contributed by atoms with E-state index in [0.717, 1.165) is 48.2 Å². The minimum absolute atomic E-state index is 0.815. The number of pyridine rings is 1. The van der Waals surface area contributed by atoms with Crippen LogP contribution in [0.1, 0.15) is 29.5 Å². The van der Waals surface area contributed by atoms with E-state index in [1.54, 1.807) is 0 Å². The molecule has 0 spiro atoms. The molecule has 0 unspecified atom stereocenters. The smallest absolute Gasteiger partial charge is 0.250 e. The maximum absolute atomic E-state index is 9.85. The molecule has 2 aromatic heterocycles. The Kier molecular flexibility index (Phi) is 4.06. The fraction of sp³-hybridized carbons (Fsp3) is 0.400. The zero-order valence-electron chi connectivity index (χ0n) is 14.9. The van der Waals surface area contributed by atoms with Crippen molar-refractivity contribution in [2.45, 2.75) is 25.7 Å². The summed E-state index contributed by atoms with van der Waals surface area (Å²) in [5.41, 5.74) is 6.50. The number of para-hydroxylation sites is 2. The van der Waals surface area contributed by atoms with Gasteiger partial charge in [0.1, 0.15) is 35.8 Å². The molecule has 0 fully saturated rings. The van der Waals surface area contributed by atoms with E-state index in [9.17, 15) is 5.26 Å². The van der Waals surface area contributed by atoms with Gasteiger partial charge in [0, 0.05) is 5.56 Å². The summed E-state index contributed by atoms with van der Waals surface area (Å²) >= 11 is 0. The lowest BCUT2D eigenvalue weighted by Gasteiger charge is -2.19. The van der Waals surface area contributed by atoms with Gasteiger partial charge in [0.05, 0.1) is 14.1 Å². The highest BCUT2D eigenvalue weighted by molar-refractivity contribution is 5.78. The summed E-state index contributed by atoms with van der Waals surface area (Å²) in [5.74, 6) is 1.17. The average Bonchev–Trinajstić information content (AvgIpc) is 3.00. The number of likely N-dealkylation sites (N-methyl/N-ethyl adjacent to an activating group) is 1. The maximum Gasteiger partial charge on any atom is 0.250 e. The Labute approximate surface area is 147 Å². The van der Waals surface area contributed by atoms with Crippen LogP contribution in [0.5, 0.6) is 0 Å². The lowest BCUT2D eigenvalue weighted by Crippen LogP contribution is -3.06. The molecule has 128 valence electrons. The summed E-state index contributed by atoms with van der Waals surface area (Å²) in [4.78, 5) is 4.91.